The average Bonchev–Trinajstić information content (AvgIpc) is 2.86. The van der Waals surface area contributed by atoms with Gasteiger partial charge in [0.15, 0.2) is 0 Å². The molecule has 0 saturated carbocycles. The van der Waals surface area contributed by atoms with E-state index in [-0.39, 0.29) is 29.7 Å². The van der Waals surface area contributed by atoms with E-state index in [1.165, 1.54) is 0 Å². The molecule has 5 N–H and O–H groups in total. The number of benzene rings is 3. The van der Waals surface area contributed by atoms with Crippen LogP contribution in [-0.4, -0.2) is 49.6 Å². The monoisotopic (exact) mass is 501 g/mol. The SMILES string of the molecule is CC(C)OCC(Nc1cccc(N(C)C)c1)C(=O)Nc1ccc2c(=O)[nH]c3c(C(N)=O)cccc3c2c1. The van der Waals surface area contributed by atoms with Crippen LogP contribution in [0.2, 0.25) is 0 Å². The number of aromatic nitrogens is 1. The van der Waals surface area contributed by atoms with Crippen molar-refractivity contribution in [1.82, 2.24) is 4.98 Å². The van der Waals surface area contributed by atoms with Gasteiger partial charge in [-0.3, -0.25) is 14.4 Å². The molecule has 0 bridgehead atoms. The molecule has 0 radical (unpaired) electrons. The van der Waals surface area contributed by atoms with Crippen molar-refractivity contribution >= 4 is 50.6 Å². The van der Waals surface area contributed by atoms with Gasteiger partial charge >= 0.3 is 0 Å². The van der Waals surface area contributed by atoms with Crippen LogP contribution in [0.5, 0.6) is 0 Å². The number of carbonyl (C=O) groups is 2. The number of nitrogens with two attached hydrogens (primary N) is 1. The number of rotatable bonds is 9. The molecule has 1 atom stereocenters. The molecule has 1 heterocycles. The normalized spacial score (nSPS) is 12.0. The highest BCUT2D eigenvalue weighted by atomic mass is 16.5. The van der Waals surface area contributed by atoms with Gasteiger partial charge in [-0.05, 0) is 61.7 Å². The fourth-order valence-electron chi connectivity index (χ4n) is 4.12. The van der Waals surface area contributed by atoms with Crippen molar-refractivity contribution in [3.63, 3.8) is 0 Å². The van der Waals surface area contributed by atoms with Crippen LogP contribution in [0.25, 0.3) is 21.7 Å². The van der Waals surface area contributed by atoms with Crippen molar-refractivity contribution in [3.05, 3.63) is 76.6 Å². The molecule has 1 unspecified atom stereocenters. The number of hydrogen-bond acceptors (Lipinski definition) is 6. The average molecular weight is 502 g/mol. The van der Waals surface area contributed by atoms with Crippen LogP contribution in [0.1, 0.15) is 24.2 Å². The number of nitrogens with one attached hydrogen (secondary N) is 3. The third kappa shape index (κ3) is 5.73. The third-order valence-corrected chi connectivity index (χ3v) is 6.01. The van der Waals surface area contributed by atoms with Gasteiger partial charge in [0.05, 0.1) is 23.8 Å². The van der Waals surface area contributed by atoms with Gasteiger partial charge in [0.1, 0.15) is 6.04 Å². The van der Waals surface area contributed by atoms with Crippen LogP contribution in [0, 0.1) is 0 Å². The number of nitrogens with zero attached hydrogens (tertiary/aromatic N) is 1. The molecule has 2 amide bonds. The standard InChI is InChI=1S/C28H31N5O4/c1-16(2)37-15-24(30-17-7-5-8-19(13-17)33(3)4)28(36)31-18-11-12-21-23(14-18)20-9-6-10-22(26(29)34)25(20)32-27(21)35/h5-14,16,24,30H,15H2,1-4H3,(H2,29,34)(H,31,36)(H,32,35). The summed E-state index contributed by atoms with van der Waals surface area (Å²) in [4.78, 5) is 42.7. The number of ether oxygens (including phenoxy) is 1. The summed E-state index contributed by atoms with van der Waals surface area (Å²) in [6.45, 7) is 3.98. The Hall–Kier alpha value is -4.37. The van der Waals surface area contributed by atoms with E-state index in [0.29, 0.717) is 27.4 Å². The molecule has 4 aromatic rings. The summed E-state index contributed by atoms with van der Waals surface area (Å²) in [6.07, 6.45) is -0.0524. The fourth-order valence-corrected chi connectivity index (χ4v) is 4.12. The minimum Gasteiger partial charge on any atom is -0.378 e. The Morgan fingerprint density at radius 3 is 2.43 bits per heavy atom. The smallest absolute Gasteiger partial charge is 0.256 e. The van der Waals surface area contributed by atoms with Crippen molar-refractivity contribution < 1.29 is 14.3 Å². The van der Waals surface area contributed by atoms with E-state index in [2.05, 4.69) is 15.6 Å². The number of aromatic amines is 1. The number of carbonyl (C=O) groups excluding carboxylic acids is 2. The zero-order chi connectivity index (χ0) is 26.7. The molecule has 9 heteroatoms. The summed E-state index contributed by atoms with van der Waals surface area (Å²) in [6, 6.07) is 17.2. The van der Waals surface area contributed by atoms with Gasteiger partial charge in [-0.15, -0.1) is 0 Å². The molecule has 4 rings (SSSR count). The number of pyridine rings is 1. The highest BCUT2D eigenvalue weighted by molar-refractivity contribution is 6.13. The molecule has 192 valence electrons. The zero-order valence-corrected chi connectivity index (χ0v) is 21.3. The first-order chi connectivity index (χ1) is 17.6. The molecule has 0 fully saturated rings. The van der Waals surface area contributed by atoms with Crippen LogP contribution in [0.3, 0.4) is 0 Å². The molecule has 0 spiro atoms. The van der Waals surface area contributed by atoms with Crippen LogP contribution in [-0.2, 0) is 9.53 Å². The predicted octanol–water partition coefficient (Wildman–Crippen LogP) is 3.69. The van der Waals surface area contributed by atoms with E-state index >= 15 is 0 Å². The van der Waals surface area contributed by atoms with Crippen LogP contribution in [0.15, 0.2) is 65.5 Å². The van der Waals surface area contributed by atoms with E-state index in [9.17, 15) is 14.4 Å². The summed E-state index contributed by atoms with van der Waals surface area (Å²) >= 11 is 0. The number of hydrogen-bond donors (Lipinski definition) is 4. The summed E-state index contributed by atoms with van der Waals surface area (Å²) in [5.74, 6) is -0.926. The first-order valence-corrected chi connectivity index (χ1v) is 12.0. The van der Waals surface area contributed by atoms with E-state index < -0.39 is 11.9 Å². The number of fused-ring (bicyclic) bond motifs is 3. The van der Waals surface area contributed by atoms with Gasteiger partial charge in [0.2, 0.25) is 5.91 Å². The highest BCUT2D eigenvalue weighted by Crippen LogP contribution is 2.26. The zero-order valence-electron chi connectivity index (χ0n) is 21.3. The maximum atomic E-state index is 13.4. The lowest BCUT2D eigenvalue weighted by molar-refractivity contribution is -0.118. The van der Waals surface area contributed by atoms with Crippen molar-refractivity contribution in [2.45, 2.75) is 26.0 Å². The van der Waals surface area contributed by atoms with Crippen molar-refractivity contribution in [2.24, 2.45) is 5.73 Å². The molecule has 0 aliphatic rings. The van der Waals surface area contributed by atoms with Gasteiger partial charge in [-0.1, -0.05) is 18.2 Å². The molecule has 0 saturated heterocycles. The van der Waals surface area contributed by atoms with Crippen LogP contribution >= 0.6 is 0 Å². The summed E-state index contributed by atoms with van der Waals surface area (Å²) in [5, 5.41) is 7.90. The van der Waals surface area contributed by atoms with E-state index in [0.717, 1.165) is 11.4 Å². The van der Waals surface area contributed by atoms with Gasteiger partial charge in [-0.2, -0.15) is 0 Å². The topological polar surface area (TPSA) is 130 Å². The molecule has 1 aromatic heterocycles. The molecule has 9 nitrogen and oxygen atoms in total. The molecule has 0 aliphatic carbocycles. The summed E-state index contributed by atoms with van der Waals surface area (Å²) < 4.78 is 5.77. The first kappa shape index (κ1) is 25.7. The minimum atomic E-state index is -0.673. The molecule has 3 aromatic carbocycles. The lowest BCUT2D eigenvalue weighted by Crippen LogP contribution is -2.39. The Bertz CT molecular complexity index is 1530. The van der Waals surface area contributed by atoms with Crippen LogP contribution in [0.4, 0.5) is 17.1 Å². The highest BCUT2D eigenvalue weighted by Gasteiger charge is 2.21. The lowest BCUT2D eigenvalue weighted by atomic mass is 10.0. The third-order valence-electron chi connectivity index (χ3n) is 6.01. The first-order valence-electron chi connectivity index (χ1n) is 12.0. The fraction of sp³-hybridized carbons (Fsp3) is 0.250. The number of para-hydroxylation sites is 1. The second-order valence-electron chi connectivity index (χ2n) is 9.32. The van der Waals surface area contributed by atoms with Crippen LogP contribution < -0.4 is 26.8 Å². The predicted molar refractivity (Wildman–Crippen MR) is 148 cm³/mol. The molecule has 0 aliphatic heterocycles. The van der Waals surface area contributed by atoms with Gasteiger partial charge in [-0.25, -0.2) is 0 Å². The Morgan fingerprint density at radius 2 is 1.73 bits per heavy atom. The second kappa shape index (κ2) is 10.7. The van der Waals surface area contributed by atoms with E-state index in [1.54, 1.807) is 36.4 Å². The lowest BCUT2D eigenvalue weighted by Gasteiger charge is -2.22. The van der Waals surface area contributed by atoms with E-state index in [1.807, 2.05) is 57.1 Å². The summed E-state index contributed by atoms with van der Waals surface area (Å²) in [7, 11) is 3.90. The maximum Gasteiger partial charge on any atom is 0.256 e. The second-order valence-corrected chi connectivity index (χ2v) is 9.32. The number of amides is 2. The summed E-state index contributed by atoms with van der Waals surface area (Å²) in [5.41, 5.74) is 8.03. The van der Waals surface area contributed by atoms with E-state index in [4.69, 9.17) is 10.5 Å². The molecule has 37 heavy (non-hydrogen) atoms. The number of H-pyrrole nitrogens is 1. The quantitative estimate of drug-likeness (QED) is 0.259. The Labute approximate surface area is 214 Å². The van der Waals surface area contributed by atoms with Crippen molar-refractivity contribution in [1.29, 1.82) is 0 Å². The van der Waals surface area contributed by atoms with Crippen molar-refractivity contribution in [3.8, 4) is 0 Å². The van der Waals surface area contributed by atoms with Gasteiger partial charge in [0, 0.05) is 41.9 Å². The Morgan fingerprint density at radius 1 is 0.973 bits per heavy atom. The van der Waals surface area contributed by atoms with Gasteiger partial charge in [0.25, 0.3) is 11.5 Å². The van der Waals surface area contributed by atoms with Gasteiger partial charge < -0.3 is 31.0 Å². The Kier molecular flexibility index (Phi) is 7.45. The largest absolute Gasteiger partial charge is 0.378 e. The number of anilines is 3. The number of primary amides is 1. The Balaban J connectivity index is 1.67. The minimum absolute atomic E-state index is 0.0524. The maximum absolute atomic E-state index is 13.4. The molecular formula is C28H31N5O4. The molecular weight excluding hydrogens is 470 g/mol. The van der Waals surface area contributed by atoms with Crippen molar-refractivity contribution in [2.75, 3.05) is 36.2 Å².